The zero-order chi connectivity index (χ0) is 25.7. The lowest BCUT2D eigenvalue weighted by molar-refractivity contribution is -0.141. The molecule has 0 bridgehead atoms. The van der Waals surface area contributed by atoms with E-state index in [1.165, 1.54) is 0 Å². The summed E-state index contributed by atoms with van der Waals surface area (Å²) in [5.74, 6) is 0.353. The van der Waals surface area contributed by atoms with E-state index in [2.05, 4.69) is 24.1 Å². The highest BCUT2D eigenvalue weighted by Crippen LogP contribution is 2.35. The van der Waals surface area contributed by atoms with Crippen molar-refractivity contribution in [2.24, 2.45) is 11.3 Å². The van der Waals surface area contributed by atoms with Gasteiger partial charge in [-0.25, -0.2) is 4.79 Å². The number of thioether (sulfide) groups is 1. The Morgan fingerprint density at radius 2 is 1.85 bits per heavy atom. The molecule has 1 aliphatic heterocycles. The van der Waals surface area contributed by atoms with Gasteiger partial charge in [-0.2, -0.15) is 11.8 Å². The molecule has 0 unspecified atom stereocenters. The molecule has 1 heterocycles. The molecule has 0 saturated carbocycles. The number of esters is 1. The average Bonchev–Trinajstić information content (AvgIpc) is 2.67. The Morgan fingerprint density at radius 3 is 2.30 bits per heavy atom. The van der Waals surface area contributed by atoms with Crippen LogP contribution in [0.4, 0.5) is 0 Å². The fourth-order valence-electron chi connectivity index (χ4n) is 4.25. The first-order valence-electron chi connectivity index (χ1n) is 11.8. The molecule has 1 saturated heterocycles. The van der Waals surface area contributed by atoms with Crippen LogP contribution in [0, 0.1) is 11.3 Å². The van der Waals surface area contributed by atoms with Crippen molar-refractivity contribution in [2.75, 3.05) is 33.0 Å². The van der Waals surface area contributed by atoms with Crippen molar-refractivity contribution in [2.45, 2.75) is 85.2 Å². The zero-order valence-corrected chi connectivity index (χ0v) is 23.3. The standard InChI is InChI=1S/C25H45N3O4S/c1-12-32-23(31)17(4)15-18(16(2)3)28(11)22(30)19(24(5,6)7)26-21(29)20-25(8,9)33-14-13-27(20)10/h15-16,18-20H,12-14H2,1-11H3,(H,26,29)/b17-15+/t18-,19-,20+/m1/s1. The molecule has 0 spiro atoms. The second-order valence-corrected chi connectivity index (χ2v) is 12.6. The van der Waals surface area contributed by atoms with Gasteiger partial charge >= 0.3 is 5.97 Å². The van der Waals surface area contributed by atoms with Crippen LogP contribution in [-0.4, -0.2) is 83.5 Å². The van der Waals surface area contributed by atoms with Crippen LogP contribution >= 0.6 is 11.8 Å². The maximum absolute atomic E-state index is 13.7. The van der Waals surface area contributed by atoms with E-state index in [9.17, 15) is 14.4 Å². The molecule has 1 aliphatic rings. The lowest BCUT2D eigenvalue weighted by Crippen LogP contribution is -2.63. The molecular weight excluding hydrogens is 438 g/mol. The van der Waals surface area contributed by atoms with Crippen LogP contribution in [0.3, 0.4) is 0 Å². The Morgan fingerprint density at radius 1 is 1.27 bits per heavy atom. The number of carbonyl (C=O) groups excluding carboxylic acids is 3. The highest BCUT2D eigenvalue weighted by Gasteiger charge is 2.44. The van der Waals surface area contributed by atoms with Gasteiger partial charge in [0.15, 0.2) is 0 Å². The van der Waals surface area contributed by atoms with Crippen molar-refractivity contribution in [3.63, 3.8) is 0 Å². The van der Waals surface area contributed by atoms with E-state index >= 15 is 0 Å². The first-order valence-corrected chi connectivity index (χ1v) is 12.8. The van der Waals surface area contributed by atoms with Gasteiger partial charge in [0.25, 0.3) is 0 Å². The lowest BCUT2D eigenvalue weighted by Gasteiger charge is -2.44. The van der Waals surface area contributed by atoms with E-state index in [4.69, 9.17) is 4.74 Å². The number of ether oxygens (including phenoxy) is 1. The summed E-state index contributed by atoms with van der Waals surface area (Å²) in [6.45, 7) is 18.6. The molecular formula is C25H45N3O4S. The van der Waals surface area contributed by atoms with Gasteiger partial charge in [0.2, 0.25) is 11.8 Å². The van der Waals surface area contributed by atoms with Crippen LogP contribution < -0.4 is 5.32 Å². The first kappa shape index (κ1) is 29.5. The van der Waals surface area contributed by atoms with Crippen molar-refractivity contribution in [1.82, 2.24) is 15.1 Å². The van der Waals surface area contributed by atoms with Gasteiger partial charge in [-0.1, -0.05) is 40.7 Å². The zero-order valence-electron chi connectivity index (χ0n) is 22.4. The third kappa shape index (κ3) is 7.74. The molecule has 0 aromatic carbocycles. The van der Waals surface area contributed by atoms with Crippen molar-refractivity contribution in [3.8, 4) is 0 Å². The predicted molar refractivity (Wildman–Crippen MR) is 136 cm³/mol. The largest absolute Gasteiger partial charge is 0.463 e. The molecule has 1 fully saturated rings. The fourth-order valence-corrected chi connectivity index (χ4v) is 5.60. The second-order valence-electron chi connectivity index (χ2n) is 10.9. The Bertz CT molecular complexity index is 742. The Balaban J connectivity index is 3.21. The van der Waals surface area contributed by atoms with Gasteiger partial charge in [-0.05, 0) is 46.1 Å². The number of likely N-dealkylation sites (N-methyl/N-ethyl adjacent to an activating group) is 2. The molecule has 0 aromatic rings. The second kappa shape index (κ2) is 11.7. The molecule has 33 heavy (non-hydrogen) atoms. The molecule has 1 rings (SSSR count). The van der Waals surface area contributed by atoms with Gasteiger partial charge in [0.1, 0.15) is 12.1 Å². The monoisotopic (exact) mass is 483 g/mol. The number of nitrogens with one attached hydrogen (secondary N) is 1. The van der Waals surface area contributed by atoms with Crippen molar-refractivity contribution in [1.29, 1.82) is 0 Å². The summed E-state index contributed by atoms with van der Waals surface area (Å²) in [5.41, 5.74) is -0.0263. The third-order valence-electron chi connectivity index (χ3n) is 6.16. The highest BCUT2D eigenvalue weighted by atomic mass is 32.2. The number of rotatable bonds is 8. The van der Waals surface area contributed by atoms with Crippen LogP contribution in [-0.2, 0) is 19.1 Å². The van der Waals surface area contributed by atoms with Gasteiger partial charge in [-0.3, -0.25) is 14.5 Å². The number of amides is 2. The van der Waals surface area contributed by atoms with E-state index in [1.54, 1.807) is 43.6 Å². The summed E-state index contributed by atoms with van der Waals surface area (Å²) >= 11 is 1.78. The minimum absolute atomic E-state index is 0.0689. The highest BCUT2D eigenvalue weighted by molar-refractivity contribution is 8.00. The summed E-state index contributed by atoms with van der Waals surface area (Å²) in [6, 6.07) is -1.34. The van der Waals surface area contributed by atoms with Crippen LogP contribution in [0.15, 0.2) is 11.6 Å². The van der Waals surface area contributed by atoms with Gasteiger partial charge in [-0.15, -0.1) is 0 Å². The van der Waals surface area contributed by atoms with Crippen molar-refractivity contribution >= 4 is 29.5 Å². The first-order chi connectivity index (χ1) is 15.0. The smallest absolute Gasteiger partial charge is 0.333 e. The number of hydrogen-bond donors (Lipinski definition) is 1. The topological polar surface area (TPSA) is 79.0 Å². The minimum atomic E-state index is -0.705. The lowest BCUT2D eigenvalue weighted by atomic mass is 9.84. The Hall–Kier alpha value is -1.54. The van der Waals surface area contributed by atoms with E-state index in [0.29, 0.717) is 12.2 Å². The molecule has 8 heteroatoms. The molecule has 190 valence electrons. The summed E-state index contributed by atoms with van der Waals surface area (Å²) in [7, 11) is 3.70. The van der Waals surface area contributed by atoms with E-state index in [-0.39, 0.29) is 40.5 Å². The van der Waals surface area contributed by atoms with E-state index in [0.717, 1.165) is 12.3 Å². The third-order valence-corrected chi connectivity index (χ3v) is 7.52. The van der Waals surface area contributed by atoms with E-state index in [1.807, 2.05) is 41.7 Å². The summed E-state index contributed by atoms with van der Waals surface area (Å²) in [5, 5.41) is 3.09. The van der Waals surface area contributed by atoms with Gasteiger partial charge < -0.3 is 15.0 Å². The molecule has 3 atom stereocenters. The minimum Gasteiger partial charge on any atom is -0.463 e. The summed E-state index contributed by atoms with van der Waals surface area (Å²) in [4.78, 5) is 43.0. The quantitative estimate of drug-likeness (QED) is 0.421. The molecule has 7 nitrogen and oxygen atoms in total. The van der Waals surface area contributed by atoms with Crippen LogP contribution in [0.1, 0.15) is 62.3 Å². The van der Waals surface area contributed by atoms with Gasteiger partial charge in [0.05, 0.1) is 12.6 Å². The Labute approximate surface area is 205 Å². The van der Waals surface area contributed by atoms with E-state index < -0.39 is 11.5 Å². The normalized spacial score (nSPS) is 21.3. The van der Waals surface area contributed by atoms with Crippen LogP contribution in [0.25, 0.3) is 0 Å². The van der Waals surface area contributed by atoms with Gasteiger partial charge in [0, 0.05) is 29.7 Å². The number of hydrogen-bond acceptors (Lipinski definition) is 6. The number of nitrogens with zero attached hydrogens (tertiary/aromatic N) is 2. The van der Waals surface area contributed by atoms with Crippen molar-refractivity contribution in [3.05, 3.63) is 11.6 Å². The van der Waals surface area contributed by atoms with Crippen LogP contribution in [0.5, 0.6) is 0 Å². The predicted octanol–water partition coefficient (Wildman–Crippen LogP) is 3.34. The molecule has 0 aliphatic carbocycles. The molecule has 0 radical (unpaired) electrons. The fraction of sp³-hybridized carbons (Fsp3) is 0.800. The Kier molecular flexibility index (Phi) is 10.5. The molecule has 1 N–H and O–H groups in total. The molecule has 2 amide bonds. The van der Waals surface area contributed by atoms with Crippen molar-refractivity contribution < 1.29 is 19.1 Å². The summed E-state index contributed by atoms with van der Waals surface area (Å²) < 4.78 is 4.85. The maximum Gasteiger partial charge on any atom is 0.333 e. The average molecular weight is 484 g/mol. The SMILES string of the molecule is CCOC(=O)/C(C)=C/[C@H](C(C)C)N(C)C(=O)[C@@H](NC(=O)[C@@H]1N(C)CCSC1(C)C)C(C)(C)C. The maximum atomic E-state index is 13.7. The summed E-state index contributed by atoms with van der Waals surface area (Å²) in [6.07, 6.45) is 1.79. The van der Waals surface area contributed by atoms with Crippen LogP contribution in [0.2, 0.25) is 0 Å². The molecule has 0 aromatic heterocycles. The number of carbonyl (C=O) groups is 3.